The Bertz CT molecular complexity index is 338. The van der Waals surface area contributed by atoms with Crippen LogP contribution >= 0.6 is 0 Å². The van der Waals surface area contributed by atoms with Gasteiger partial charge in [0.15, 0.2) is 6.10 Å². The summed E-state index contributed by atoms with van der Waals surface area (Å²) in [5, 5.41) is 28.3. The molecule has 3 N–H and O–H groups in total. The van der Waals surface area contributed by atoms with E-state index in [1.54, 1.807) is 0 Å². The molecular weight excluding hydrogens is 240 g/mol. The molecule has 1 aliphatic rings. The van der Waals surface area contributed by atoms with Gasteiger partial charge in [0.05, 0.1) is 13.0 Å². The van der Waals surface area contributed by atoms with E-state index in [-0.39, 0.29) is 0 Å². The fourth-order valence-corrected chi connectivity index (χ4v) is 1.01. The minimum atomic E-state index is -1.79. The number of carboxylic acid groups (broad SMARTS) is 2. The second kappa shape index (κ2) is 8.26. The molecule has 18 heavy (non-hydrogen) atoms. The van der Waals surface area contributed by atoms with Crippen LogP contribution in [0.5, 0.6) is 0 Å². The molecule has 0 aromatic heterocycles. The van der Waals surface area contributed by atoms with E-state index < -0.39 is 24.5 Å². The monoisotopic (exact) mass is 258 g/mol. The minimum Gasteiger partial charge on any atom is -0.481 e. The van der Waals surface area contributed by atoms with Crippen LogP contribution in [0.2, 0.25) is 0 Å². The van der Waals surface area contributed by atoms with Gasteiger partial charge in [-0.1, -0.05) is 12.2 Å². The van der Waals surface area contributed by atoms with Crippen LogP contribution in [-0.2, 0) is 9.59 Å². The third-order valence-corrected chi connectivity index (χ3v) is 1.96. The lowest BCUT2D eigenvalue weighted by Gasteiger charge is -2.27. The standard InChI is InChI=1S/C7H12N2.C4H6O5/c1-8(2)9-6-4-3-5-7-9;5-2(4(8)9)1-3(6)7/h3-6H,7H2,1-2H3;2,5H,1H2,(H,6,7)(H,8,9). The third-order valence-electron chi connectivity index (χ3n) is 1.96. The van der Waals surface area contributed by atoms with Gasteiger partial charge in [-0.15, -0.1) is 0 Å². The molecule has 1 aliphatic heterocycles. The molecule has 7 heteroatoms. The first-order chi connectivity index (χ1) is 8.34. The number of aliphatic carboxylic acids is 2. The Morgan fingerprint density at radius 2 is 1.94 bits per heavy atom. The van der Waals surface area contributed by atoms with Gasteiger partial charge in [0.1, 0.15) is 0 Å². The number of nitrogens with zero attached hydrogens (tertiary/aromatic N) is 2. The van der Waals surface area contributed by atoms with Crippen molar-refractivity contribution in [1.82, 2.24) is 10.0 Å². The molecule has 102 valence electrons. The Morgan fingerprint density at radius 1 is 1.33 bits per heavy atom. The summed E-state index contributed by atoms with van der Waals surface area (Å²) in [6, 6.07) is 0. The number of hydrogen-bond acceptors (Lipinski definition) is 5. The summed E-state index contributed by atoms with van der Waals surface area (Å²) < 4.78 is 0. The van der Waals surface area contributed by atoms with Crippen molar-refractivity contribution in [3.05, 3.63) is 24.4 Å². The zero-order valence-electron chi connectivity index (χ0n) is 10.4. The van der Waals surface area contributed by atoms with E-state index in [1.807, 2.05) is 20.2 Å². The van der Waals surface area contributed by atoms with Gasteiger partial charge >= 0.3 is 11.9 Å². The van der Waals surface area contributed by atoms with Gasteiger partial charge in [-0.2, -0.15) is 0 Å². The Labute approximate surface area is 105 Å². The molecule has 0 bridgehead atoms. The molecule has 0 spiro atoms. The molecule has 0 aromatic rings. The SMILES string of the molecule is CN(C)N1C=CC=CC1.O=C(O)CC(O)C(=O)O. The van der Waals surface area contributed by atoms with Crippen LogP contribution in [0.3, 0.4) is 0 Å². The lowest BCUT2D eigenvalue weighted by atomic mass is 10.3. The number of rotatable bonds is 4. The zero-order chi connectivity index (χ0) is 14.1. The summed E-state index contributed by atoms with van der Waals surface area (Å²) in [5.41, 5.74) is 0. The smallest absolute Gasteiger partial charge is 0.333 e. The summed E-state index contributed by atoms with van der Waals surface area (Å²) in [4.78, 5) is 19.4. The van der Waals surface area contributed by atoms with Crippen molar-refractivity contribution < 1.29 is 24.9 Å². The zero-order valence-corrected chi connectivity index (χ0v) is 10.4. The van der Waals surface area contributed by atoms with Gasteiger partial charge in [-0.25, -0.2) is 9.80 Å². The Balaban J connectivity index is 0.000000321. The first-order valence-corrected chi connectivity index (χ1v) is 5.24. The number of carboxylic acids is 2. The quantitative estimate of drug-likeness (QED) is 0.639. The second-order valence-electron chi connectivity index (χ2n) is 3.69. The first kappa shape index (κ1) is 16.1. The maximum Gasteiger partial charge on any atom is 0.333 e. The maximum absolute atomic E-state index is 9.72. The predicted octanol–water partition coefficient (Wildman–Crippen LogP) is -0.245. The Morgan fingerprint density at radius 3 is 2.17 bits per heavy atom. The number of hydrazine groups is 1. The lowest BCUT2D eigenvalue weighted by Crippen LogP contribution is -2.32. The minimum absolute atomic E-state index is 0.755. The van der Waals surface area contributed by atoms with Gasteiger partial charge < -0.3 is 20.3 Å². The summed E-state index contributed by atoms with van der Waals surface area (Å²) in [5.74, 6) is -2.85. The highest BCUT2D eigenvalue weighted by Crippen LogP contribution is 1.98. The van der Waals surface area contributed by atoms with Crippen LogP contribution in [0.15, 0.2) is 24.4 Å². The number of aliphatic hydroxyl groups is 1. The first-order valence-electron chi connectivity index (χ1n) is 5.24. The number of hydrogen-bond donors (Lipinski definition) is 3. The van der Waals surface area contributed by atoms with E-state index in [9.17, 15) is 9.59 Å². The summed E-state index contributed by atoms with van der Waals surface area (Å²) >= 11 is 0. The molecule has 0 radical (unpaired) electrons. The van der Waals surface area contributed by atoms with E-state index in [0.29, 0.717) is 0 Å². The number of allylic oxidation sites excluding steroid dienone is 2. The molecule has 1 rings (SSSR count). The highest BCUT2D eigenvalue weighted by Gasteiger charge is 2.16. The van der Waals surface area contributed by atoms with E-state index >= 15 is 0 Å². The molecule has 1 unspecified atom stereocenters. The average molecular weight is 258 g/mol. The summed E-state index contributed by atoms with van der Waals surface area (Å²) in [7, 11) is 4.06. The highest BCUT2D eigenvalue weighted by molar-refractivity contribution is 5.79. The maximum atomic E-state index is 9.72. The molecule has 0 saturated carbocycles. The molecule has 7 nitrogen and oxygen atoms in total. The normalized spacial score (nSPS) is 15.0. The predicted molar refractivity (Wildman–Crippen MR) is 64.6 cm³/mol. The highest BCUT2D eigenvalue weighted by atomic mass is 16.4. The van der Waals surface area contributed by atoms with Crippen LogP contribution in [0, 0.1) is 0 Å². The topological polar surface area (TPSA) is 101 Å². The molecular formula is C11H18N2O5. The molecule has 0 aromatic carbocycles. The molecule has 1 atom stereocenters. The van der Waals surface area contributed by atoms with Crippen molar-refractivity contribution in [2.75, 3.05) is 20.6 Å². The van der Waals surface area contributed by atoms with Gasteiger partial charge in [-0.05, 0) is 6.08 Å². The van der Waals surface area contributed by atoms with E-state index in [1.165, 1.54) is 0 Å². The van der Waals surface area contributed by atoms with Crippen molar-refractivity contribution in [3.8, 4) is 0 Å². The van der Waals surface area contributed by atoms with Crippen LogP contribution in [0.1, 0.15) is 6.42 Å². The second-order valence-corrected chi connectivity index (χ2v) is 3.69. The average Bonchev–Trinajstić information content (AvgIpc) is 2.30. The van der Waals surface area contributed by atoms with Gasteiger partial charge in [0.2, 0.25) is 0 Å². The van der Waals surface area contributed by atoms with E-state index in [4.69, 9.17) is 15.3 Å². The van der Waals surface area contributed by atoms with Gasteiger partial charge in [-0.3, -0.25) is 4.79 Å². The third kappa shape index (κ3) is 7.42. The van der Waals surface area contributed by atoms with Crippen molar-refractivity contribution in [1.29, 1.82) is 0 Å². The molecule has 0 saturated heterocycles. The van der Waals surface area contributed by atoms with E-state index in [2.05, 4.69) is 28.4 Å². The molecule has 0 fully saturated rings. The van der Waals surface area contributed by atoms with Crippen molar-refractivity contribution in [3.63, 3.8) is 0 Å². The molecule has 0 aliphatic carbocycles. The Kier molecular flexibility index (Phi) is 7.41. The Hall–Kier alpha value is -1.86. The van der Waals surface area contributed by atoms with Crippen molar-refractivity contribution >= 4 is 11.9 Å². The van der Waals surface area contributed by atoms with Crippen molar-refractivity contribution in [2.45, 2.75) is 12.5 Å². The summed E-state index contributed by atoms with van der Waals surface area (Å²) in [6.45, 7) is 0.990. The number of aliphatic hydroxyl groups excluding tert-OH is 1. The van der Waals surface area contributed by atoms with Crippen LogP contribution < -0.4 is 0 Å². The van der Waals surface area contributed by atoms with Gasteiger partial charge in [0, 0.05) is 20.3 Å². The molecule has 0 amide bonds. The van der Waals surface area contributed by atoms with Crippen LogP contribution in [-0.4, -0.2) is 64.0 Å². The van der Waals surface area contributed by atoms with Crippen molar-refractivity contribution in [2.24, 2.45) is 0 Å². The fraction of sp³-hybridized carbons (Fsp3) is 0.455. The molecule has 1 heterocycles. The largest absolute Gasteiger partial charge is 0.481 e. The van der Waals surface area contributed by atoms with Crippen LogP contribution in [0.4, 0.5) is 0 Å². The van der Waals surface area contributed by atoms with Gasteiger partial charge in [0.25, 0.3) is 0 Å². The fourth-order valence-electron chi connectivity index (χ4n) is 1.01. The van der Waals surface area contributed by atoms with Crippen LogP contribution in [0.25, 0.3) is 0 Å². The van der Waals surface area contributed by atoms with E-state index in [0.717, 1.165) is 6.54 Å². The lowest BCUT2D eigenvalue weighted by molar-refractivity contribution is -0.152. The number of carbonyl (C=O) groups is 2. The summed E-state index contributed by atoms with van der Waals surface area (Å²) in [6.07, 6.45) is 5.72.